The van der Waals surface area contributed by atoms with Crippen molar-refractivity contribution < 1.29 is 14.6 Å². The second-order valence-electron chi connectivity index (χ2n) is 4.77. The number of rotatable bonds is 4. The predicted octanol–water partition coefficient (Wildman–Crippen LogP) is 1.37. The van der Waals surface area contributed by atoms with Crippen LogP contribution in [0.15, 0.2) is 12.2 Å². The number of morpholine rings is 1. The van der Waals surface area contributed by atoms with Crippen LogP contribution in [0.3, 0.4) is 0 Å². The lowest BCUT2D eigenvalue weighted by atomic mass is 9.92. The standard InChI is InChI=1S/C12H21NO3/c1-10(13-6-8-16-9-7-13)4-5-12(2,3)11(14)15/h4-5,10H,6-9H2,1-3H3,(H,14,15). The SMILES string of the molecule is CC(C=CC(C)(C)C(=O)O)N1CCOCC1. The first-order valence-corrected chi connectivity index (χ1v) is 5.68. The Morgan fingerprint density at radius 2 is 2.00 bits per heavy atom. The minimum Gasteiger partial charge on any atom is -0.481 e. The molecular formula is C12H21NO3. The van der Waals surface area contributed by atoms with Gasteiger partial charge in [0.25, 0.3) is 0 Å². The number of nitrogens with zero attached hydrogens (tertiary/aromatic N) is 1. The third-order valence-corrected chi connectivity index (χ3v) is 2.96. The Labute approximate surface area is 96.9 Å². The molecule has 0 saturated carbocycles. The van der Waals surface area contributed by atoms with Gasteiger partial charge in [0.05, 0.1) is 18.6 Å². The molecule has 1 fully saturated rings. The van der Waals surface area contributed by atoms with Gasteiger partial charge in [0.1, 0.15) is 0 Å². The summed E-state index contributed by atoms with van der Waals surface area (Å²) in [5.41, 5.74) is -0.791. The second kappa shape index (κ2) is 5.46. The Bertz CT molecular complexity index is 267. The lowest BCUT2D eigenvalue weighted by molar-refractivity contribution is -0.144. The molecule has 4 nitrogen and oxygen atoms in total. The summed E-state index contributed by atoms with van der Waals surface area (Å²) < 4.78 is 5.27. The highest BCUT2D eigenvalue weighted by Gasteiger charge is 2.24. The normalized spacial score (nSPS) is 21.2. The minimum atomic E-state index is -0.794. The maximum absolute atomic E-state index is 10.9. The molecule has 0 aliphatic carbocycles. The summed E-state index contributed by atoms with van der Waals surface area (Å²) >= 11 is 0. The first kappa shape index (κ1) is 13.2. The van der Waals surface area contributed by atoms with Crippen LogP contribution in [0.1, 0.15) is 20.8 Å². The monoisotopic (exact) mass is 227 g/mol. The van der Waals surface area contributed by atoms with Crippen LogP contribution < -0.4 is 0 Å². The minimum absolute atomic E-state index is 0.266. The molecule has 0 spiro atoms. The average molecular weight is 227 g/mol. The molecule has 1 saturated heterocycles. The number of ether oxygens (including phenoxy) is 1. The van der Waals surface area contributed by atoms with Crippen molar-refractivity contribution in [3.63, 3.8) is 0 Å². The van der Waals surface area contributed by atoms with E-state index < -0.39 is 11.4 Å². The molecular weight excluding hydrogens is 206 g/mol. The van der Waals surface area contributed by atoms with Crippen molar-refractivity contribution in [2.75, 3.05) is 26.3 Å². The summed E-state index contributed by atoms with van der Waals surface area (Å²) in [4.78, 5) is 13.2. The van der Waals surface area contributed by atoms with E-state index in [-0.39, 0.29) is 6.04 Å². The van der Waals surface area contributed by atoms with Gasteiger partial charge in [0.2, 0.25) is 0 Å². The van der Waals surface area contributed by atoms with Gasteiger partial charge < -0.3 is 9.84 Å². The first-order chi connectivity index (χ1) is 7.43. The van der Waals surface area contributed by atoms with Crippen LogP contribution in [-0.2, 0) is 9.53 Å². The van der Waals surface area contributed by atoms with Gasteiger partial charge in [-0.05, 0) is 20.8 Å². The molecule has 0 aromatic heterocycles. The second-order valence-corrected chi connectivity index (χ2v) is 4.77. The van der Waals surface area contributed by atoms with Gasteiger partial charge in [-0.1, -0.05) is 12.2 Å². The van der Waals surface area contributed by atoms with E-state index in [2.05, 4.69) is 11.8 Å². The van der Waals surface area contributed by atoms with Crippen LogP contribution in [-0.4, -0.2) is 48.3 Å². The molecule has 1 aliphatic heterocycles. The molecule has 0 radical (unpaired) electrons. The zero-order chi connectivity index (χ0) is 12.2. The van der Waals surface area contributed by atoms with Gasteiger partial charge in [-0.3, -0.25) is 9.69 Å². The molecule has 0 bridgehead atoms. The molecule has 4 heteroatoms. The van der Waals surface area contributed by atoms with E-state index in [0.29, 0.717) is 0 Å². The van der Waals surface area contributed by atoms with Crippen molar-refractivity contribution in [3.05, 3.63) is 12.2 Å². The van der Waals surface area contributed by atoms with Crippen LogP contribution in [0.4, 0.5) is 0 Å². The van der Waals surface area contributed by atoms with Gasteiger partial charge >= 0.3 is 5.97 Å². The molecule has 1 aliphatic rings. The molecule has 0 amide bonds. The molecule has 1 heterocycles. The molecule has 0 aromatic carbocycles. The maximum atomic E-state index is 10.9. The smallest absolute Gasteiger partial charge is 0.312 e. The number of carboxylic acids is 1. The van der Waals surface area contributed by atoms with Crippen LogP contribution in [0, 0.1) is 5.41 Å². The fourth-order valence-electron chi connectivity index (χ4n) is 1.56. The summed E-state index contributed by atoms with van der Waals surface area (Å²) in [6, 6.07) is 0.266. The predicted molar refractivity (Wildman–Crippen MR) is 62.4 cm³/mol. The largest absolute Gasteiger partial charge is 0.481 e. The highest BCUT2D eigenvalue weighted by atomic mass is 16.5. The third-order valence-electron chi connectivity index (χ3n) is 2.96. The summed E-state index contributed by atoms with van der Waals surface area (Å²) in [5.74, 6) is -0.794. The Kier molecular flexibility index (Phi) is 4.50. The molecule has 1 atom stereocenters. The molecule has 16 heavy (non-hydrogen) atoms. The van der Waals surface area contributed by atoms with E-state index >= 15 is 0 Å². The Morgan fingerprint density at radius 3 is 2.50 bits per heavy atom. The molecule has 1 unspecified atom stereocenters. The molecule has 1 rings (SSSR count). The van der Waals surface area contributed by atoms with Crippen molar-refractivity contribution in [2.24, 2.45) is 5.41 Å². The van der Waals surface area contributed by atoms with Crippen molar-refractivity contribution in [1.82, 2.24) is 4.90 Å². The van der Waals surface area contributed by atoms with Crippen LogP contribution in [0.2, 0.25) is 0 Å². The number of hydrogen-bond acceptors (Lipinski definition) is 3. The van der Waals surface area contributed by atoms with Gasteiger partial charge in [-0.2, -0.15) is 0 Å². The highest BCUT2D eigenvalue weighted by molar-refractivity contribution is 5.75. The zero-order valence-corrected chi connectivity index (χ0v) is 10.3. The van der Waals surface area contributed by atoms with Crippen molar-refractivity contribution >= 4 is 5.97 Å². The van der Waals surface area contributed by atoms with Crippen LogP contribution in [0.25, 0.3) is 0 Å². The Hall–Kier alpha value is -0.870. The van der Waals surface area contributed by atoms with Gasteiger partial charge in [0, 0.05) is 19.1 Å². The van der Waals surface area contributed by atoms with Crippen molar-refractivity contribution in [3.8, 4) is 0 Å². The van der Waals surface area contributed by atoms with E-state index in [1.807, 2.05) is 6.08 Å². The fraction of sp³-hybridized carbons (Fsp3) is 0.750. The Balaban J connectivity index is 2.52. The van der Waals surface area contributed by atoms with Crippen LogP contribution >= 0.6 is 0 Å². The molecule has 1 N–H and O–H groups in total. The van der Waals surface area contributed by atoms with E-state index in [1.165, 1.54) is 0 Å². The van der Waals surface area contributed by atoms with Gasteiger partial charge in [0.15, 0.2) is 0 Å². The lowest BCUT2D eigenvalue weighted by Gasteiger charge is -2.31. The number of hydrogen-bond donors (Lipinski definition) is 1. The third kappa shape index (κ3) is 3.61. The Morgan fingerprint density at radius 1 is 1.44 bits per heavy atom. The highest BCUT2D eigenvalue weighted by Crippen LogP contribution is 2.18. The van der Waals surface area contributed by atoms with Crippen LogP contribution in [0.5, 0.6) is 0 Å². The van der Waals surface area contributed by atoms with E-state index in [0.717, 1.165) is 26.3 Å². The average Bonchev–Trinajstić information content (AvgIpc) is 2.27. The van der Waals surface area contributed by atoms with E-state index in [1.54, 1.807) is 19.9 Å². The fourth-order valence-corrected chi connectivity index (χ4v) is 1.56. The summed E-state index contributed by atoms with van der Waals surface area (Å²) in [7, 11) is 0. The first-order valence-electron chi connectivity index (χ1n) is 5.68. The molecule has 0 aromatic rings. The summed E-state index contributed by atoms with van der Waals surface area (Å²) in [6.07, 6.45) is 3.74. The van der Waals surface area contributed by atoms with Crippen molar-refractivity contribution in [2.45, 2.75) is 26.8 Å². The van der Waals surface area contributed by atoms with Crippen molar-refractivity contribution in [1.29, 1.82) is 0 Å². The van der Waals surface area contributed by atoms with E-state index in [9.17, 15) is 4.79 Å². The summed E-state index contributed by atoms with van der Waals surface area (Å²) in [6.45, 7) is 8.86. The van der Waals surface area contributed by atoms with Gasteiger partial charge in [-0.25, -0.2) is 0 Å². The van der Waals surface area contributed by atoms with E-state index in [4.69, 9.17) is 9.84 Å². The summed E-state index contributed by atoms with van der Waals surface area (Å²) in [5, 5.41) is 8.98. The molecule has 92 valence electrons. The van der Waals surface area contributed by atoms with Gasteiger partial charge in [-0.15, -0.1) is 0 Å². The topological polar surface area (TPSA) is 49.8 Å². The maximum Gasteiger partial charge on any atom is 0.312 e. The number of aliphatic carboxylic acids is 1. The number of carbonyl (C=O) groups is 1. The lowest BCUT2D eigenvalue weighted by Crippen LogP contribution is -2.41. The quantitative estimate of drug-likeness (QED) is 0.737. The number of carboxylic acid groups (broad SMARTS) is 1. The zero-order valence-electron chi connectivity index (χ0n) is 10.3.